The first-order valence-corrected chi connectivity index (χ1v) is 6.64. The summed E-state index contributed by atoms with van der Waals surface area (Å²) in [5.74, 6) is 1.01. The lowest BCUT2D eigenvalue weighted by Gasteiger charge is -2.17. The predicted octanol–water partition coefficient (Wildman–Crippen LogP) is 3.26. The van der Waals surface area contributed by atoms with Crippen LogP contribution in [0.5, 0.6) is 0 Å². The quantitative estimate of drug-likeness (QED) is 0.897. The number of para-hydroxylation sites is 1. The Hall–Kier alpha value is -1.32. The smallest absolute Gasteiger partial charge is 0.134 e. The molecule has 18 heavy (non-hydrogen) atoms. The van der Waals surface area contributed by atoms with Crippen LogP contribution in [0.25, 0.3) is 11.0 Å². The molecule has 2 atom stereocenters. The monoisotopic (exact) mass is 245 g/mol. The van der Waals surface area contributed by atoms with Gasteiger partial charge in [-0.1, -0.05) is 18.2 Å². The summed E-state index contributed by atoms with van der Waals surface area (Å²) in [5, 5.41) is 4.50. The molecule has 3 rings (SSSR count). The van der Waals surface area contributed by atoms with Crippen LogP contribution < -0.4 is 5.32 Å². The third kappa shape index (κ3) is 2.28. The van der Waals surface area contributed by atoms with Crippen LogP contribution in [0.15, 0.2) is 34.7 Å². The van der Waals surface area contributed by atoms with Crippen LogP contribution in [0, 0.1) is 0 Å². The fraction of sp³-hybridized carbons (Fsp3) is 0.467. The first-order chi connectivity index (χ1) is 8.86. The van der Waals surface area contributed by atoms with E-state index in [1.54, 1.807) is 0 Å². The Morgan fingerprint density at radius 1 is 1.39 bits per heavy atom. The molecule has 3 heteroatoms. The van der Waals surface area contributed by atoms with Gasteiger partial charge in [0.05, 0.1) is 12.1 Å². The molecule has 0 bridgehead atoms. The first kappa shape index (κ1) is 11.8. The zero-order valence-electron chi connectivity index (χ0n) is 10.7. The SMILES string of the molecule is CNC(CC1CCCO1)c1cc2ccccc2o1. The van der Waals surface area contributed by atoms with Crippen molar-refractivity contribution in [1.82, 2.24) is 5.32 Å². The van der Waals surface area contributed by atoms with Crippen molar-refractivity contribution < 1.29 is 9.15 Å². The number of fused-ring (bicyclic) bond motifs is 1. The van der Waals surface area contributed by atoms with Gasteiger partial charge < -0.3 is 14.5 Å². The van der Waals surface area contributed by atoms with E-state index in [4.69, 9.17) is 9.15 Å². The minimum atomic E-state index is 0.237. The van der Waals surface area contributed by atoms with E-state index in [-0.39, 0.29) is 6.04 Å². The lowest BCUT2D eigenvalue weighted by atomic mass is 10.0. The van der Waals surface area contributed by atoms with Gasteiger partial charge in [0.2, 0.25) is 0 Å². The number of hydrogen-bond donors (Lipinski definition) is 1. The number of furan rings is 1. The number of benzene rings is 1. The maximum Gasteiger partial charge on any atom is 0.134 e. The molecule has 0 amide bonds. The summed E-state index contributed by atoms with van der Waals surface area (Å²) in [5.41, 5.74) is 0.958. The Bertz CT molecular complexity index is 481. The molecule has 1 aliphatic rings. The summed E-state index contributed by atoms with van der Waals surface area (Å²) >= 11 is 0. The molecule has 1 aliphatic heterocycles. The second kappa shape index (κ2) is 5.12. The van der Waals surface area contributed by atoms with Crippen molar-refractivity contribution in [3.8, 4) is 0 Å². The molecule has 2 aromatic rings. The maximum atomic E-state index is 5.91. The van der Waals surface area contributed by atoms with E-state index in [1.807, 2.05) is 25.2 Å². The molecule has 1 fully saturated rings. The molecule has 1 aromatic carbocycles. The fourth-order valence-corrected chi connectivity index (χ4v) is 2.64. The molecule has 0 radical (unpaired) electrons. The van der Waals surface area contributed by atoms with Crippen molar-refractivity contribution in [1.29, 1.82) is 0 Å². The summed E-state index contributed by atoms with van der Waals surface area (Å²) in [6.45, 7) is 0.904. The van der Waals surface area contributed by atoms with Gasteiger partial charge in [-0.2, -0.15) is 0 Å². The van der Waals surface area contributed by atoms with Gasteiger partial charge in [0.15, 0.2) is 0 Å². The van der Waals surface area contributed by atoms with Crippen molar-refractivity contribution in [2.45, 2.75) is 31.4 Å². The van der Waals surface area contributed by atoms with Crippen molar-refractivity contribution in [2.24, 2.45) is 0 Å². The normalized spacial score (nSPS) is 21.5. The van der Waals surface area contributed by atoms with E-state index >= 15 is 0 Å². The van der Waals surface area contributed by atoms with E-state index in [9.17, 15) is 0 Å². The third-order valence-corrected chi connectivity index (χ3v) is 3.66. The minimum absolute atomic E-state index is 0.237. The summed E-state index contributed by atoms with van der Waals surface area (Å²) in [6.07, 6.45) is 3.70. The van der Waals surface area contributed by atoms with Gasteiger partial charge in [-0.15, -0.1) is 0 Å². The average molecular weight is 245 g/mol. The van der Waals surface area contributed by atoms with Crippen molar-refractivity contribution in [2.75, 3.05) is 13.7 Å². The van der Waals surface area contributed by atoms with Gasteiger partial charge in [-0.05, 0) is 38.4 Å². The highest BCUT2D eigenvalue weighted by atomic mass is 16.5. The summed E-state index contributed by atoms with van der Waals surface area (Å²) in [7, 11) is 1.98. The van der Waals surface area contributed by atoms with E-state index in [0.717, 1.165) is 24.4 Å². The Kier molecular flexibility index (Phi) is 3.35. The molecule has 1 N–H and O–H groups in total. The van der Waals surface area contributed by atoms with Gasteiger partial charge >= 0.3 is 0 Å². The summed E-state index contributed by atoms with van der Waals surface area (Å²) < 4.78 is 11.6. The highest BCUT2D eigenvalue weighted by Crippen LogP contribution is 2.29. The number of nitrogens with one attached hydrogen (secondary N) is 1. The first-order valence-electron chi connectivity index (χ1n) is 6.64. The van der Waals surface area contributed by atoms with Crippen LogP contribution in [0.4, 0.5) is 0 Å². The Balaban J connectivity index is 1.81. The van der Waals surface area contributed by atoms with E-state index < -0.39 is 0 Å². The van der Waals surface area contributed by atoms with Crippen LogP contribution in [0.1, 0.15) is 31.1 Å². The van der Waals surface area contributed by atoms with Crippen molar-refractivity contribution in [3.63, 3.8) is 0 Å². The molecule has 0 saturated carbocycles. The van der Waals surface area contributed by atoms with Crippen LogP contribution >= 0.6 is 0 Å². The number of hydrogen-bond acceptors (Lipinski definition) is 3. The maximum absolute atomic E-state index is 5.91. The van der Waals surface area contributed by atoms with Crippen LogP contribution in [-0.2, 0) is 4.74 Å². The lowest BCUT2D eigenvalue weighted by Crippen LogP contribution is -2.21. The molecular weight excluding hydrogens is 226 g/mol. The Morgan fingerprint density at radius 2 is 2.28 bits per heavy atom. The van der Waals surface area contributed by atoms with E-state index in [0.29, 0.717) is 6.10 Å². The average Bonchev–Trinajstić information content (AvgIpc) is 3.04. The molecular formula is C15H19NO2. The molecule has 2 heterocycles. The van der Waals surface area contributed by atoms with Gasteiger partial charge in [-0.3, -0.25) is 0 Å². The van der Waals surface area contributed by atoms with E-state index in [1.165, 1.54) is 18.2 Å². The van der Waals surface area contributed by atoms with Crippen molar-refractivity contribution in [3.05, 3.63) is 36.1 Å². The lowest BCUT2D eigenvalue weighted by molar-refractivity contribution is 0.0932. The highest BCUT2D eigenvalue weighted by molar-refractivity contribution is 5.77. The minimum Gasteiger partial charge on any atom is -0.459 e. The Labute approximate surface area is 107 Å². The molecule has 1 aromatic heterocycles. The second-order valence-electron chi connectivity index (χ2n) is 4.90. The van der Waals surface area contributed by atoms with Crippen LogP contribution in [0.3, 0.4) is 0 Å². The molecule has 96 valence electrons. The fourth-order valence-electron chi connectivity index (χ4n) is 2.64. The molecule has 0 aliphatic carbocycles. The Morgan fingerprint density at radius 3 is 3.00 bits per heavy atom. The molecule has 2 unspecified atom stereocenters. The summed E-state index contributed by atoms with van der Waals surface area (Å²) in [6, 6.07) is 10.5. The summed E-state index contributed by atoms with van der Waals surface area (Å²) in [4.78, 5) is 0. The van der Waals surface area contributed by atoms with Gasteiger partial charge in [0.25, 0.3) is 0 Å². The standard InChI is InChI=1S/C15H19NO2/c1-16-13(10-12-6-4-8-17-12)15-9-11-5-2-3-7-14(11)18-15/h2-3,5,7,9,12-13,16H,4,6,8,10H2,1H3. The molecule has 0 spiro atoms. The zero-order valence-corrected chi connectivity index (χ0v) is 10.7. The second-order valence-corrected chi connectivity index (χ2v) is 4.90. The number of ether oxygens (including phenoxy) is 1. The topological polar surface area (TPSA) is 34.4 Å². The zero-order chi connectivity index (χ0) is 12.4. The van der Waals surface area contributed by atoms with Crippen molar-refractivity contribution >= 4 is 11.0 Å². The highest BCUT2D eigenvalue weighted by Gasteiger charge is 2.23. The number of rotatable bonds is 4. The molecule has 1 saturated heterocycles. The predicted molar refractivity (Wildman–Crippen MR) is 71.6 cm³/mol. The largest absolute Gasteiger partial charge is 0.459 e. The molecule has 3 nitrogen and oxygen atoms in total. The van der Waals surface area contributed by atoms with Gasteiger partial charge in [0.1, 0.15) is 11.3 Å². The van der Waals surface area contributed by atoms with E-state index in [2.05, 4.69) is 17.4 Å². The van der Waals surface area contributed by atoms with Gasteiger partial charge in [0, 0.05) is 12.0 Å². The van der Waals surface area contributed by atoms with Crippen LogP contribution in [0.2, 0.25) is 0 Å². The van der Waals surface area contributed by atoms with Crippen LogP contribution in [-0.4, -0.2) is 19.8 Å². The third-order valence-electron chi connectivity index (χ3n) is 3.66. The van der Waals surface area contributed by atoms with Gasteiger partial charge in [-0.25, -0.2) is 0 Å².